The molecule has 1 aromatic carbocycles. The highest BCUT2D eigenvalue weighted by molar-refractivity contribution is 5.36. The molecule has 0 bridgehead atoms. The fourth-order valence-corrected chi connectivity index (χ4v) is 2.86. The van der Waals surface area contributed by atoms with Crippen molar-refractivity contribution in [2.45, 2.75) is 12.6 Å². The number of anilines is 1. The number of aromatic nitrogens is 2. The molecule has 1 atom stereocenters. The number of benzene rings is 1. The van der Waals surface area contributed by atoms with Crippen molar-refractivity contribution >= 4 is 5.82 Å². The zero-order chi connectivity index (χ0) is 16.1. The molecule has 0 spiro atoms. The van der Waals surface area contributed by atoms with Crippen LogP contribution in [-0.4, -0.2) is 52.3 Å². The quantitative estimate of drug-likeness (QED) is 0.912. The number of hydrogen-bond acceptors (Lipinski definition) is 6. The minimum absolute atomic E-state index is 0.446. The summed E-state index contributed by atoms with van der Waals surface area (Å²) >= 11 is 0. The van der Waals surface area contributed by atoms with Crippen LogP contribution in [0.3, 0.4) is 0 Å². The Morgan fingerprint density at radius 2 is 2.17 bits per heavy atom. The van der Waals surface area contributed by atoms with Crippen molar-refractivity contribution < 1.29 is 5.11 Å². The lowest BCUT2D eigenvalue weighted by Gasteiger charge is -2.22. The van der Waals surface area contributed by atoms with Gasteiger partial charge >= 0.3 is 0 Å². The van der Waals surface area contributed by atoms with Crippen LogP contribution < -0.4 is 4.90 Å². The van der Waals surface area contributed by atoms with Crippen molar-refractivity contribution in [3.05, 3.63) is 54.0 Å². The van der Waals surface area contributed by atoms with E-state index in [9.17, 15) is 5.11 Å². The fraction of sp³-hybridized carbons (Fsp3) is 0.353. The third-order valence-corrected chi connectivity index (χ3v) is 3.92. The Morgan fingerprint density at radius 1 is 1.26 bits per heavy atom. The van der Waals surface area contributed by atoms with Crippen molar-refractivity contribution in [1.82, 2.24) is 14.9 Å². The van der Waals surface area contributed by atoms with Gasteiger partial charge in [-0.05, 0) is 17.7 Å². The molecular formula is C17H19N5O. The summed E-state index contributed by atoms with van der Waals surface area (Å²) in [6.07, 6.45) is 4.58. The van der Waals surface area contributed by atoms with E-state index >= 15 is 0 Å². The molecule has 0 unspecified atom stereocenters. The highest BCUT2D eigenvalue weighted by Crippen LogP contribution is 2.14. The van der Waals surface area contributed by atoms with Gasteiger partial charge in [0, 0.05) is 45.1 Å². The lowest BCUT2D eigenvalue weighted by molar-refractivity contribution is 0.129. The lowest BCUT2D eigenvalue weighted by atomic mass is 10.1. The zero-order valence-electron chi connectivity index (χ0n) is 12.8. The Morgan fingerprint density at radius 3 is 2.96 bits per heavy atom. The highest BCUT2D eigenvalue weighted by atomic mass is 16.3. The topological polar surface area (TPSA) is 76.3 Å². The van der Waals surface area contributed by atoms with E-state index in [2.05, 4.69) is 25.8 Å². The Balaban J connectivity index is 1.67. The Bertz CT molecular complexity index is 685. The summed E-state index contributed by atoms with van der Waals surface area (Å²) in [5, 5.41) is 19.3. The lowest BCUT2D eigenvalue weighted by Crippen LogP contribution is -2.33. The molecule has 0 radical (unpaired) electrons. The Kier molecular flexibility index (Phi) is 4.81. The normalized spacial score (nSPS) is 19.1. The summed E-state index contributed by atoms with van der Waals surface area (Å²) in [7, 11) is 0. The number of nitriles is 1. The van der Waals surface area contributed by atoms with Crippen molar-refractivity contribution in [1.29, 1.82) is 5.26 Å². The summed E-state index contributed by atoms with van der Waals surface area (Å²) in [5.74, 6) is 0.792. The molecule has 2 aromatic rings. The third kappa shape index (κ3) is 4.03. The molecule has 3 rings (SSSR count). The molecule has 118 valence electrons. The highest BCUT2D eigenvalue weighted by Gasteiger charge is 2.22. The maximum absolute atomic E-state index is 10.3. The summed E-state index contributed by atoms with van der Waals surface area (Å²) in [6, 6.07) is 9.77. The maximum Gasteiger partial charge on any atom is 0.147 e. The largest absolute Gasteiger partial charge is 0.390 e. The van der Waals surface area contributed by atoms with E-state index < -0.39 is 6.10 Å². The predicted octanol–water partition coefficient (Wildman–Crippen LogP) is 1.03. The zero-order valence-corrected chi connectivity index (χ0v) is 12.8. The van der Waals surface area contributed by atoms with Gasteiger partial charge in [-0.1, -0.05) is 12.1 Å². The van der Waals surface area contributed by atoms with E-state index in [0.717, 1.165) is 31.0 Å². The SMILES string of the molecule is N#Cc1cccc(CN2CCN(c3cnccn3)C[C@@H](O)C2)c1. The van der Waals surface area contributed by atoms with E-state index in [4.69, 9.17) is 5.26 Å². The minimum atomic E-state index is -0.446. The molecule has 6 heteroatoms. The number of rotatable bonds is 3. The van der Waals surface area contributed by atoms with Gasteiger partial charge in [0.15, 0.2) is 0 Å². The van der Waals surface area contributed by atoms with Crippen molar-refractivity contribution in [3.8, 4) is 6.07 Å². The molecule has 1 fully saturated rings. The smallest absolute Gasteiger partial charge is 0.147 e. The van der Waals surface area contributed by atoms with Crippen molar-refractivity contribution in [2.75, 3.05) is 31.1 Å². The first kappa shape index (κ1) is 15.4. The van der Waals surface area contributed by atoms with Gasteiger partial charge in [0.1, 0.15) is 5.82 Å². The van der Waals surface area contributed by atoms with Gasteiger partial charge in [-0.25, -0.2) is 4.98 Å². The molecule has 0 aliphatic carbocycles. The van der Waals surface area contributed by atoms with E-state index in [1.165, 1.54) is 0 Å². The van der Waals surface area contributed by atoms with Crippen LogP contribution >= 0.6 is 0 Å². The summed E-state index contributed by atoms with van der Waals surface area (Å²) in [5.41, 5.74) is 1.75. The standard InChI is InChI=1S/C17H19N5O/c18-9-14-2-1-3-15(8-14)11-21-6-7-22(13-16(23)12-21)17-10-19-4-5-20-17/h1-5,8,10,16,23H,6-7,11-13H2/t16-/m0/s1. The molecule has 0 saturated carbocycles. The minimum Gasteiger partial charge on any atom is -0.390 e. The van der Waals surface area contributed by atoms with Crippen LogP contribution in [0.1, 0.15) is 11.1 Å². The molecule has 1 aliphatic heterocycles. The van der Waals surface area contributed by atoms with Crippen molar-refractivity contribution in [2.24, 2.45) is 0 Å². The van der Waals surface area contributed by atoms with Gasteiger partial charge in [-0.2, -0.15) is 5.26 Å². The second kappa shape index (κ2) is 7.18. The second-order valence-electron chi connectivity index (χ2n) is 5.71. The molecule has 2 heterocycles. The third-order valence-electron chi connectivity index (χ3n) is 3.92. The van der Waals surface area contributed by atoms with Crippen LogP contribution in [0.5, 0.6) is 0 Å². The van der Waals surface area contributed by atoms with Crippen LogP contribution in [0.15, 0.2) is 42.9 Å². The van der Waals surface area contributed by atoms with Crippen LogP contribution in [0.25, 0.3) is 0 Å². The van der Waals surface area contributed by atoms with Crippen LogP contribution in [0, 0.1) is 11.3 Å². The predicted molar refractivity (Wildman–Crippen MR) is 86.7 cm³/mol. The average molecular weight is 309 g/mol. The molecule has 0 amide bonds. The molecule has 6 nitrogen and oxygen atoms in total. The van der Waals surface area contributed by atoms with Gasteiger partial charge in [-0.3, -0.25) is 9.88 Å². The molecule has 1 N–H and O–H groups in total. The Hall–Kier alpha value is -2.49. The van der Waals surface area contributed by atoms with E-state index in [-0.39, 0.29) is 0 Å². The molecule has 1 aromatic heterocycles. The first-order valence-corrected chi connectivity index (χ1v) is 7.65. The van der Waals surface area contributed by atoms with Gasteiger partial charge in [-0.15, -0.1) is 0 Å². The van der Waals surface area contributed by atoms with E-state index in [0.29, 0.717) is 18.7 Å². The number of β-amino-alcohol motifs (C(OH)–C–C–N with tert-alkyl or cyclic N) is 1. The van der Waals surface area contributed by atoms with Gasteiger partial charge in [0.2, 0.25) is 0 Å². The summed E-state index contributed by atoms with van der Waals surface area (Å²) < 4.78 is 0. The number of hydrogen-bond donors (Lipinski definition) is 1. The van der Waals surface area contributed by atoms with Crippen LogP contribution in [0.4, 0.5) is 5.82 Å². The van der Waals surface area contributed by atoms with Gasteiger partial charge < -0.3 is 10.0 Å². The summed E-state index contributed by atoms with van der Waals surface area (Å²) in [4.78, 5) is 12.7. The van der Waals surface area contributed by atoms with Gasteiger partial charge in [0.25, 0.3) is 0 Å². The van der Waals surface area contributed by atoms with Gasteiger partial charge in [0.05, 0.1) is 23.9 Å². The average Bonchev–Trinajstić information content (AvgIpc) is 2.77. The maximum atomic E-state index is 10.3. The van der Waals surface area contributed by atoms with Crippen molar-refractivity contribution in [3.63, 3.8) is 0 Å². The molecular weight excluding hydrogens is 290 g/mol. The monoisotopic (exact) mass is 309 g/mol. The first-order chi connectivity index (χ1) is 11.2. The first-order valence-electron chi connectivity index (χ1n) is 7.65. The van der Waals surface area contributed by atoms with E-state index in [1.54, 1.807) is 24.7 Å². The van der Waals surface area contributed by atoms with Crippen LogP contribution in [0.2, 0.25) is 0 Å². The fourth-order valence-electron chi connectivity index (χ4n) is 2.86. The number of aliphatic hydroxyl groups is 1. The molecule has 1 aliphatic rings. The number of nitrogens with zero attached hydrogens (tertiary/aromatic N) is 5. The number of aliphatic hydroxyl groups excluding tert-OH is 1. The Labute approximate surface area is 135 Å². The molecule has 23 heavy (non-hydrogen) atoms. The summed E-state index contributed by atoms with van der Waals surface area (Å²) in [6.45, 7) is 3.49. The van der Waals surface area contributed by atoms with Crippen LogP contribution in [-0.2, 0) is 6.54 Å². The van der Waals surface area contributed by atoms with E-state index in [1.807, 2.05) is 18.2 Å². The molecule has 1 saturated heterocycles. The second-order valence-corrected chi connectivity index (χ2v) is 5.71.